The Bertz CT molecular complexity index is 616. The molecule has 0 aliphatic rings. The van der Waals surface area contributed by atoms with Crippen molar-refractivity contribution >= 4 is 34.2 Å². The molecular weight excluding hydrogens is 317 g/mol. The molecule has 0 saturated carbocycles. The smallest absolute Gasteiger partial charge is 0.410 e. The predicted octanol–water partition coefficient (Wildman–Crippen LogP) is 4.43. The number of nitrogens with zero attached hydrogens (tertiary/aromatic N) is 1. The highest BCUT2D eigenvalue weighted by atomic mass is 35.5. The van der Waals surface area contributed by atoms with E-state index in [4.69, 9.17) is 16.3 Å². The third kappa shape index (κ3) is 3.61. The molecule has 0 bridgehead atoms. The number of benzene rings is 1. The van der Waals surface area contributed by atoms with E-state index in [1.807, 2.05) is 0 Å². The fraction of sp³-hybridized carbons (Fsp3) is 0.0909. The van der Waals surface area contributed by atoms with Gasteiger partial charge in [-0.1, -0.05) is 41.1 Å². The van der Waals surface area contributed by atoms with Gasteiger partial charge in [0.2, 0.25) is 0 Å². The number of carbonyl (C=O) groups is 1. The van der Waals surface area contributed by atoms with Crippen LogP contribution in [0.25, 0.3) is 0 Å². The first-order chi connectivity index (χ1) is 9.36. The molecule has 0 spiro atoms. The number of rotatable bonds is 2. The molecule has 0 radical (unpaired) electrons. The molecule has 0 saturated heterocycles. The Morgan fingerprint density at radius 2 is 1.95 bits per heavy atom. The highest BCUT2D eigenvalue weighted by Crippen LogP contribution is 2.39. The topological polar surface area (TPSA) is 51.2 Å². The fourth-order valence-electron chi connectivity index (χ4n) is 1.24. The Morgan fingerprint density at radius 1 is 1.30 bits per heavy atom. The summed E-state index contributed by atoms with van der Waals surface area (Å²) in [6, 6.07) is 8.06. The second kappa shape index (κ2) is 5.68. The Hall–Kier alpha value is -1.80. The van der Waals surface area contributed by atoms with Gasteiger partial charge in [-0.3, -0.25) is 5.32 Å². The van der Waals surface area contributed by atoms with E-state index in [2.05, 4.69) is 10.3 Å². The van der Waals surface area contributed by atoms with Crippen molar-refractivity contribution in [2.45, 2.75) is 6.18 Å². The van der Waals surface area contributed by atoms with Crippen molar-refractivity contribution in [1.29, 1.82) is 0 Å². The number of ether oxygens (including phenoxy) is 1. The fourth-order valence-corrected chi connectivity index (χ4v) is 2.31. The van der Waals surface area contributed by atoms with Crippen LogP contribution in [0.2, 0.25) is 4.34 Å². The molecule has 0 fully saturated rings. The van der Waals surface area contributed by atoms with Gasteiger partial charge in [-0.2, -0.15) is 13.2 Å². The summed E-state index contributed by atoms with van der Waals surface area (Å²) in [5.41, 5.74) is -1.24. The third-order valence-corrected chi connectivity index (χ3v) is 3.19. The maximum atomic E-state index is 12.5. The van der Waals surface area contributed by atoms with E-state index in [0.29, 0.717) is 11.3 Å². The lowest BCUT2D eigenvalue weighted by molar-refractivity contribution is -0.140. The number of halogens is 4. The van der Waals surface area contributed by atoms with Crippen LogP contribution < -0.4 is 10.1 Å². The molecule has 0 aliphatic carbocycles. The van der Waals surface area contributed by atoms with Gasteiger partial charge in [-0.15, -0.1) is 0 Å². The molecule has 1 aromatic heterocycles. The first kappa shape index (κ1) is 14.6. The maximum absolute atomic E-state index is 12.5. The van der Waals surface area contributed by atoms with Crippen molar-refractivity contribution in [3.8, 4) is 5.75 Å². The molecule has 2 aromatic rings. The summed E-state index contributed by atoms with van der Waals surface area (Å²) in [5.74, 6) is 0.253. The average Bonchev–Trinajstić information content (AvgIpc) is 2.71. The number of alkyl halides is 3. The summed E-state index contributed by atoms with van der Waals surface area (Å²) in [6.07, 6.45) is -5.62. The van der Waals surface area contributed by atoms with E-state index in [1.165, 1.54) is 12.1 Å². The number of nitrogens with one attached hydrogen (secondary N) is 1. The quantitative estimate of drug-likeness (QED) is 0.890. The van der Waals surface area contributed by atoms with E-state index >= 15 is 0 Å². The zero-order chi connectivity index (χ0) is 14.8. The molecule has 4 nitrogen and oxygen atoms in total. The minimum atomic E-state index is -4.67. The van der Waals surface area contributed by atoms with Crippen molar-refractivity contribution < 1.29 is 22.7 Å². The van der Waals surface area contributed by atoms with Gasteiger partial charge in [0.15, 0.2) is 10.8 Å². The minimum Gasteiger partial charge on any atom is -0.410 e. The van der Waals surface area contributed by atoms with Crippen LogP contribution in [-0.2, 0) is 6.18 Å². The van der Waals surface area contributed by atoms with Crippen molar-refractivity contribution in [2.75, 3.05) is 5.32 Å². The molecule has 0 atom stereocenters. The summed E-state index contributed by atoms with van der Waals surface area (Å²) < 4.78 is 41.7. The van der Waals surface area contributed by atoms with Gasteiger partial charge in [-0.05, 0) is 12.1 Å². The van der Waals surface area contributed by atoms with Crippen LogP contribution in [0.15, 0.2) is 30.3 Å². The first-order valence-corrected chi connectivity index (χ1v) is 6.33. The number of carbonyl (C=O) groups excluding carboxylic acids is 1. The predicted molar refractivity (Wildman–Crippen MR) is 68.2 cm³/mol. The Kier molecular flexibility index (Phi) is 4.15. The van der Waals surface area contributed by atoms with E-state index in [1.54, 1.807) is 18.2 Å². The summed E-state index contributed by atoms with van der Waals surface area (Å²) in [7, 11) is 0. The Balaban J connectivity index is 2.05. The Morgan fingerprint density at radius 3 is 2.50 bits per heavy atom. The number of thiazole rings is 1. The van der Waals surface area contributed by atoms with Crippen LogP contribution >= 0.6 is 22.9 Å². The van der Waals surface area contributed by atoms with Crippen LogP contribution in [0, 0.1) is 0 Å². The standard InChI is InChI=1S/C11H6ClF3N2O2S/c12-8-7(11(13,14)15)16-9(20-8)17-10(18)19-6-4-2-1-3-5-6/h1-5H,(H,16,17,18). The van der Waals surface area contributed by atoms with E-state index in [-0.39, 0.29) is 10.9 Å². The molecule has 1 amide bonds. The van der Waals surface area contributed by atoms with Gasteiger partial charge < -0.3 is 4.74 Å². The zero-order valence-corrected chi connectivity index (χ0v) is 11.1. The molecule has 0 aliphatic heterocycles. The largest absolute Gasteiger partial charge is 0.435 e. The van der Waals surface area contributed by atoms with Crippen molar-refractivity contribution in [1.82, 2.24) is 4.98 Å². The van der Waals surface area contributed by atoms with Crippen molar-refractivity contribution in [2.24, 2.45) is 0 Å². The lowest BCUT2D eigenvalue weighted by Crippen LogP contribution is -2.17. The number of aromatic nitrogens is 1. The van der Waals surface area contributed by atoms with E-state index in [9.17, 15) is 18.0 Å². The van der Waals surface area contributed by atoms with E-state index < -0.39 is 22.3 Å². The molecule has 1 heterocycles. The van der Waals surface area contributed by atoms with Gasteiger partial charge in [-0.25, -0.2) is 9.78 Å². The highest BCUT2D eigenvalue weighted by Gasteiger charge is 2.37. The number of hydrogen-bond acceptors (Lipinski definition) is 4. The van der Waals surface area contributed by atoms with Crippen LogP contribution in [0.4, 0.5) is 23.1 Å². The average molecular weight is 323 g/mol. The summed E-state index contributed by atoms with van der Waals surface area (Å²) in [6.45, 7) is 0. The second-order valence-electron chi connectivity index (χ2n) is 3.47. The maximum Gasteiger partial charge on any atom is 0.435 e. The number of anilines is 1. The summed E-state index contributed by atoms with van der Waals surface area (Å²) in [5, 5.41) is 1.80. The highest BCUT2D eigenvalue weighted by molar-refractivity contribution is 7.19. The molecule has 1 N–H and O–H groups in total. The van der Waals surface area contributed by atoms with E-state index in [0.717, 1.165) is 0 Å². The second-order valence-corrected chi connectivity index (χ2v) is 5.07. The monoisotopic (exact) mass is 322 g/mol. The normalized spacial score (nSPS) is 11.2. The van der Waals surface area contributed by atoms with Crippen molar-refractivity contribution in [3.63, 3.8) is 0 Å². The molecule has 106 valence electrons. The number of para-hydroxylation sites is 1. The molecule has 0 unspecified atom stereocenters. The molecule has 9 heteroatoms. The summed E-state index contributed by atoms with van der Waals surface area (Å²) in [4.78, 5) is 14.7. The third-order valence-electron chi connectivity index (χ3n) is 2.02. The van der Waals surface area contributed by atoms with Crippen molar-refractivity contribution in [3.05, 3.63) is 40.4 Å². The minimum absolute atomic E-state index is 0.253. The van der Waals surface area contributed by atoms with Gasteiger partial charge in [0, 0.05) is 0 Å². The SMILES string of the molecule is O=C(Nc1nc(C(F)(F)F)c(Cl)s1)Oc1ccccc1. The lowest BCUT2D eigenvalue weighted by atomic mass is 10.3. The van der Waals surface area contributed by atoms with Gasteiger partial charge in [0.05, 0.1) is 0 Å². The van der Waals surface area contributed by atoms with Crippen LogP contribution in [0.5, 0.6) is 5.75 Å². The number of amides is 1. The molecule has 20 heavy (non-hydrogen) atoms. The molecule has 1 aromatic carbocycles. The molecule has 2 rings (SSSR count). The van der Waals surface area contributed by atoms with Crippen LogP contribution in [0.3, 0.4) is 0 Å². The van der Waals surface area contributed by atoms with Gasteiger partial charge >= 0.3 is 12.3 Å². The summed E-state index contributed by atoms with van der Waals surface area (Å²) >= 11 is 5.92. The number of hydrogen-bond donors (Lipinski definition) is 1. The molecular formula is C11H6ClF3N2O2S. The lowest BCUT2D eigenvalue weighted by Gasteiger charge is -2.03. The first-order valence-electron chi connectivity index (χ1n) is 5.13. The van der Waals surface area contributed by atoms with Crippen LogP contribution in [-0.4, -0.2) is 11.1 Å². The zero-order valence-electron chi connectivity index (χ0n) is 9.57. The Labute approximate surface area is 120 Å². The van der Waals surface area contributed by atoms with Gasteiger partial charge in [0.1, 0.15) is 10.1 Å². The van der Waals surface area contributed by atoms with Gasteiger partial charge in [0.25, 0.3) is 0 Å². The van der Waals surface area contributed by atoms with Crippen LogP contribution in [0.1, 0.15) is 5.69 Å².